The van der Waals surface area contributed by atoms with Crippen molar-refractivity contribution in [3.63, 3.8) is 0 Å². The number of hydrogen-bond acceptors (Lipinski definition) is 8. The highest BCUT2D eigenvalue weighted by Crippen LogP contribution is 2.27. The van der Waals surface area contributed by atoms with E-state index in [9.17, 15) is 18.8 Å². The number of nitriles is 1. The summed E-state index contributed by atoms with van der Waals surface area (Å²) in [7, 11) is 0. The number of anilines is 2. The normalized spacial score (nSPS) is 12.5. The summed E-state index contributed by atoms with van der Waals surface area (Å²) in [6.07, 6.45) is 2.98. The summed E-state index contributed by atoms with van der Waals surface area (Å²) < 4.78 is 27.0. The second-order valence-electron chi connectivity index (χ2n) is 9.15. The number of rotatable bonds is 7. The van der Waals surface area contributed by atoms with E-state index < -0.39 is 23.6 Å². The Labute approximate surface area is 227 Å². The Hall–Kier alpha value is -5.44. The number of nitrogen functional groups attached to an aromatic ring is 1. The average molecular weight is 540 g/mol. The van der Waals surface area contributed by atoms with Crippen molar-refractivity contribution in [2.75, 3.05) is 11.1 Å². The Kier molecular flexibility index (Phi) is 7.03. The van der Waals surface area contributed by atoms with Crippen LogP contribution in [0.3, 0.4) is 0 Å². The summed E-state index contributed by atoms with van der Waals surface area (Å²) in [5, 5.41) is 22.7. The van der Waals surface area contributed by atoms with Gasteiger partial charge in [-0.1, -0.05) is 30.3 Å². The highest BCUT2D eigenvalue weighted by Gasteiger charge is 2.21. The zero-order valence-corrected chi connectivity index (χ0v) is 21.4. The number of carbonyl (C=O) groups excluding carboxylic acids is 1. The molecule has 40 heavy (non-hydrogen) atoms. The molecule has 0 aliphatic rings. The Morgan fingerprint density at radius 3 is 2.45 bits per heavy atom. The monoisotopic (exact) mass is 539 g/mol. The van der Waals surface area contributed by atoms with Gasteiger partial charge in [0.15, 0.2) is 34.5 Å². The standard InChI is InChI=1S/C28H23F2N9O/c1-14(16-3-5-17(6-4-16)19-9-21-25(32)38-39-26(21)33-12-19)35-27-24(37-20(11-31)13-34-27)28(40)36-15(2)18-7-8-22(29)23(30)10-18/h3-10,12-15H,1-2H3,(H,34,35)(H,36,40)(H3,32,33,38,39). The van der Waals surface area contributed by atoms with Crippen molar-refractivity contribution >= 4 is 28.6 Å². The molecule has 0 fully saturated rings. The molecule has 0 saturated heterocycles. The Bertz CT molecular complexity index is 1760. The SMILES string of the molecule is CC(NC(=O)c1nc(C#N)cnc1NC(C)c1ccc(-c2cnc3n[nH]c(N)c3c2)cc1)c1ccc(F)c(F)c1. The summed E-state index contributed by atoms with van der Waals surface area (Å²) in [6, 6.07) is 13.9. The van der Waals surface area contributed by atoms with Crippen molar-refractivity contribution in [3.05, 3.63) is 95.1 Å². The van der Waals surface area contributed by atoms with Crippen LogP contribution in [-0.4, -0.2) is 31.1 Å². The second kappa shape index (κ2) is 10.7. The second-order valence-corrected chi connectivity index (χ2v) is 9.15. The molecule has 5 rings (SSSR count). The van der Waals surface area contributed by atoms with Gasteiger partial charge in [0.2, 0.25) is 0 Å². The number of benzene rings is 2. The summed E-state index contributed by atoms with van der Waals surface area (Å²) in [5.74, 6) is -2.02. The van der Waals surface area contributed by atoms with Gasteiger partial charge >= 0.3 is 0 Å². The van der Waals surface area contributed by atoms with Crippen LogP contribution in [0.15, 0.2) is 60.9 Å². The summed E-state index contributed by atoms with van der Waals surface area (Å²) in [4.78, 5) is 25.9. The fourth-order valence-electron chi connectivity index (χ4n) is 4.17. The van der Waals surface area contributed by atoms with Gasteiger partial charge in [0.25, 0.3) is 5.91 Å². The zero-order chi connectivity index (χ0) is 28.4. The van der Waals surface area contributed by atoms with E-state index in [0.29, 0.717) is 17.0 Å². The number of carbonyl (C=O) groups is 1. The van der Waals surface area contributed by atoms with E-state index >= 15 is 0 Å². The van der Waals surface area contributed by atoms with Crippen molar-refractivity contribution in [2.45, 2.75) is 25.9 Å². The first-order valence-electron chi connectivity index (χ1n) is 12.2. The molecular weight excluding hydrogens is 516 g/mol. The molecule has 5 aromatic rings. The first-order valence-corrected chi connectivity index (χ1v) is 12.2. The topological polar surface area (TPSA) is 158 Å². The number of nitrogens with two attached hydrogens (primary N) is 1. The third-order valence-electron chi connectivity index (χ3n) is 6.43. The third kappa shape index (κ3) is 5.25. The van der Waals surface area contributed by atoms with Crippen LogP contribution in [0.2, 0.25) is 0 Å². The van der Waals surface area contributed by atoms with E-state index in [1.165, 1.54) is 12.3 Å². The number of aromatic amines is 1. The van der Waals surface area contributed by atoms with Gasteiger partial charge in [-0.25, -0.2) is 23.7 Å². The van der Waals surface area contributed by atoms with Gasteiger partial charge in [-0.05, 0) is 48.7 Å². The molecule has 2 aromatic carbocycles. The Morgan fingerprint density at radius 2 is 1.73 bits per heavy atom. The number of nitrogens with zero attached hydrogens (tertiary/aromatic N) is 5. The van der Waals surface area contributed by atoms with Gasteiger partial charge < -0.3 is 16.4 Å². The lowest BCUT2D eigenvalue weighted by atomic mass is 10.0. The first-order chi connectivity index (χ1) is 19.2. The van der Waals surface area contributed by atoms with E-state index in [4.69, 9.17) is 5.73 Å². The minimum absolute atomic E-state index is 0.0444. The predicted octanol–water partition coefficient (Wildman–Crippen LogP) is 4.81. The molecule has 10 nitrogen and oxygen atoms in total. The molecule has 0 aliphatic heterocycles. The molecule has 5 N–H and O–H groups in total. The molecule has 0 saturated carbocycles. The van der Waals surface area contributed by atoms with Crippen LogP contribution in [-0.2, 0) is 0 Å². The average Bonchev–Trinajstić information content (AvgIpc) is 3.34. The lowest BCUT2D eigenvalue weighted by Gasteiger charge is -2.19. The van der Waals surface area contributed by atoms with E-state index in [0.717, 1.165) is 34.2 Å². The van der Waals surface area contributed by atoms with Crippen LogP contribution in [0.1, 0.15) is 53.2 Å². The van der Waals surface area contributed by atoms with Crippen LogP contribution >= 0.6 is 0 Å². The van der Waals surface area contributed by atoms with Crippen molar-refractivity contribution in [3.8, 4) is 17.2 Å². The number of pyridine rings is 1. The largest absolute Gasteiger partial charge is 0.384 e. The zero-order valence-electron chi connectivity index (χ0n) is 21.4. The molecular formula is C28H23F2N9O. The van der Waals surface area contributed by atoms with E-state index in [1.54, 1.807) is 13.1 Å². The van der Waals surface area contributed by atoms with Gasteiger partial charge in [-0.3, -0.25) is 9.89 Å². The molecule has 1 amide bonds. The number of fused-ring (bicyclic) bond motifs is 1. The summed E-state index contributed by atoms with van der Waals surface area (Å²) in [6.45, 7) is 3.51. The molecule has 0 bridgehead atoms. The van der Waals surface area contributed by atoms with Gasteiger partial charge in [0, 0.05) is 11.8 Å². The lowest BCUT2D eigenvalue weighted by molar-refractivity contribution is 0.0935. The van der Waals surface area contributed by atoms with Gasteiger partial charge in [0.05, 0.1) is 23.7 Å². The number of halogens is 2. The quantitative estimate of drug-likeness (QED) is 0.229. The Balaban J connectivity index is 1.35. The number of aromatic nitrogens is 5. The van der Waals surface area contributed by atoms with E-state index in [2.05, 4.69) is 35.8 Å². The number of H-pyrrole nitrogens is 1. The first kappa shape index (κ1) is 26.2. The maximum atomic E-state index is 13.7. The highest BCUT2D eigenvalue weighted by atomic mass is 19.2. The molecule has 3 heterocycles. The van der Waals surface area contributed by atoms with Crippen LogP contribution < -0.4 is 16.4 Å². The maximum Gasteiger partial charge on any atom is 0.274 e. The maximum absolute atomic E-state index is 13.7. The summed E-state index contributed by atoms with van der Waals surface area (Å²) in [5.41, 5.74) is 9.38. The van der Waals surface area contributed by atoms with Crippen molar-refractivity contribution in [1.29, 1.82) is 5.26 Å². The van der Waals surface area contributed by atoms with Crippen LogP contribution in [0, 0.1) is 23.0 Å². The van der Waals surface area contributed by atoms with Crippen LogP contribution in [0.25, 0.3) is 22.2 Å². The Morgan fingerprint density at radius 1 is 0.975 bits per heavy atom. The minimum atomic E-state index is -1.02. The van der Waals surface area contributed by atoms with E-state index in [-0.39, 0.29) is 23.2 Å². The molecule has 200 valence electrons. The molecule has 0 aliphatic carbocycles. The fourth-order valence-corrected chi connectivity index (χ4v) is 4.17. The van der Waals surface area contributed by atoms with Gasteiger partial charge in [-0.2, -0.15) is 10.4 Å². The molecule has 12 heteroatoms. The molecule has 2 unspecified atom stereocenters. The van der Waals surface area contributed by atoms with Crippen molar-refractivity contribution in [2.24, 2.45) is 0 Å². The van der Waals surface area contributed by atoms with E-state index in [1.807, 2.05) is 43.3 Å². The lowest BCUT2D eigenvalue weighted by Crippen LogP contribution is -2.29. The molecule has 0 radical (unpaired) electrons. The van der Waals surface area contributed by atoms with Crippen LogP contribution in [0.4, 0.5) is 20.4 Å². The molecule has 3 aromatic heterocycles. The minimum Gasteiger partial charge on any atom is -0.384 e. The number of nitrogens with one attached hydrogen (secondary N) is 3. The van der Waals surface area contributed by atoms with Crippen LogP contribution in [0.5, 0.6) is 0 Å². The number of amides is 1. The summed E-state index contributed by atoms with van der Waals surface area (Å²) >= 11 is 0. The van der Waals surface area contributed by atoms with Gasteiger partial charge in [0.1, 0.15) is 11.9 Å². The molecule has 2 atom stereocenters. The predicted molar refractivity (Wildman–Crippen MR) is 145 cm³/mol. The number of hydrogen-bond donors (Lipinski definition) is 4. The van der Waals surface area contributed by atoms with Crippen molar-refractivity contribution in [1.82, 2.24) is 30.5 Å². The van der Waals surface area contributed by atoms with Crippen molar-refractivity contribution < 1.29 is 13.6 Å². The fraction of sp³-hybridized carbons (Fsp3) is 0.143. The highest BCUT2D eigenvalue weighted by molar-refractivity contribution is 5.97. The third-order valence-corrected chi connectivity index (χ3v) is 6.43. The smallest absolute Gasteiger partial charge is 0.274 e. The van der Waals surface area contributed by atoms with Gasteiger partial charge in [-0.15, -0.1) is 0 Å². The molecule has 0 spiro atoms.